The molecule has 1 aliphatic carbocycles. The Kier molecular flexibility index (Phi) is 5.49. The number of hydrogen-bond acceptors (Lipinski definition) is 2. The maximum Gasteiger partial charge on any atom is 0.0658 e. The number of hydrogen-bond donors (Lipinski definition) is 0. The van der Waals surface area contributed by atoms with Crippen LogP contribution in [0.3, 0.4) is 0 Å². The molecule has 0 aromatic heterocycles. The van der Waals surface area contributed by atoms with E-state index in [1.165, 1.54) is 85.6 Å². The minimum atomic E-state index is -0.576. The molecule has 0 radical (unpaired) electrons. The molecular formula is C46H28S2. The smallest absolute Gasteiger partial charge is 0.0658 e. The molecule has 2 spiro atoms. The zero-order chi connectivity index (χ0) is 31.5. The quantitative estimate of drug-likeness (QED) is 0.161. The van der Waals surface area contributed by atoms with Gasteiger partial charge in [0.1, 0.15) is 0 Å². The van der Waals surface area contributed by atoms with Crippen molar-refractivity contribution >= 4 is 45.1 Å². The third kappa shape index (κ3) is 3.16. The Hall–Kier alpha value is -5.02. The molecule has 0 fully saturated rings. The van der Waals surface area contributed by atoms with Crippen LogP contribution in [0.5, 0.6) is 0 Å². The van der Waals surface area contributed by atoms with E-state index < -0.39 is 10.8 Å². The average molecular weight is 645 g/mol. The average Bonchev–Trinajstić information content (AvgIpc) is 3.15. The first-order valence-electron chi connectivity index (χ1n) is 16.6. The molecule has 3 aliphatic rings. The maximum atomic E-state index is 2.49. The van der Waals surface area contributed by atoms with Crippen molar-refractivity contribution in [3.63, 3.8) is 0 Å². The van der Waals surface area contributed by atoms with E-state index in [0.29, 0.717) is 0 Å². The largest absolute Gasteiger partial charge is 0.0894 e. The number of rotatable bonds is 0. The SMILES string of the molecule is c1ccc2c(c1)Sc1ccccc1C21c2ccc3ccccc3c2-c2c(ccc3ccccc23)C12c1ccccc1Sc1ccccc12. The fourth-order valence-corrected chi connectivity index (χ4v) is 11.9. The first-order chi connectivity index (χ1) is 23.8. The predicted molar refractivity (Wildman–Crippen MR) is 201 cm³/mol. The van der Waals surface area contributed by atoms with E-state index in [9.17, 15) is 0 Å². The summed E-state index contributed by atoms with van der Waals surface area (Å²) in [6.07, 6.45) is 0. The fraction of sp³-hybridized carbons (Fsp3) is 0.0435. The third-order valence-electron chi connectivity index (χ3n) is 11.1. The van der Waals surface area contributed by atoms with Gasteiger partial charge in [-0.05, 0) is 90.3 Å². The molecule has 0 amide bonds. The molecule has 0 saturated carbocycles. The summed E-state index contributed by atoms with van der Waals surface area (Å²) in [6, 6.07) is 64.7. The lowest BCUT2D eigenvalue weighted by Crippen LogP contribution is -2.57. The van der Waals surface area contributed by atoms with Crippen molar-refractivity contribution in [2.75, 3.05) is 0 Å². The molecule has 2 heteroatoms. The van der Waals surface area contributed by atoms with E-state index in [4.69, 9.17) is 0 Å². The molecule has 0 saturated heterocycles. The van der Waals surface area contributed by atoms with E-state index >= 15 is 0 Å². The molecule has 0 atom stereocenters. The first-order valence-corrected chi connectivity index (χ1v) is 18.2. The second-order valence-corrected chi connectivity index (χ2v) is 15.3. The molecule has 0 nitrogen and oxygen atoms in total. The lowest BCUT2D eigenvalue weighted by atomic mass is 9.43. The highest BCUT2D eigenvalue weighted by Crippen LogP contribution is 2.72. The highest BCUT2D eigenvalue weighted by atomic mass is 32.2. The van der Waals surface area contributed by atoms with Gasteiger partial charge in [-0.2, -0.15) is 0 Å². The summed E-state index contributed by atoms with van der Waals surface area (Å²) in [4.78, 5) is 5.30. The summed E-state index contributed by atoms with van der Waals surface area (Å²) in [5, 5.41) is 5.16. The molecule has 8 aromatic rings. The Morgan fingerprint density at radius 2 is 0.583 bits per heavy atom. The van der Waals surface area contributed by atoms with E-state index in [0.717, 1.165) is 0 Å². The van der Waals surface area contributed by atoms with Crippen molar-refractivity contribution in [1.29, 1.82) is 0 Å². The van der Waals surface area contributed by atoms with Crippen LogP contribution in [0.15, 0.2) is 189 Å². The van der Waals surface area contributed by atoms with Crippen LogP contribution in [0, 0.1) is 0 Å². The van der Waals surface area contributed by atoms with Gasteiger partial charge in [0.2, 0.25) is 0 Å². The van der Waals surface area contributed by atoms with E-state index in [1.54, 1.807) is 0 Å². The highest BCUT2D eigenvalue weighted by molar-refractivity contribution is 7.99. The monoisotopic (exact) mass is 644 g/mol. The van der Waals surface area contributed by atoms with Crippen molar-refractivity contribution in [3.05, 3.63) is 203 Å². The van der Waals surface area contributed by atoms with Crippen LogP contribution in [-0.2, 0) is 10.8 Å². The van der Waals surface area contributed by atoms with Gasteiger partial charge in [0.25, 0.3) is 0 Å². The van der Waals surface area contributed by atoms with Gasteiger partial charge in [-0.3, -0.25) is 0 Å². The van der Waals surface area contributed by atoms with Crippen LogP contribution >= 0.6 is 23.5 Å². The molecule has 8 aromatic carbocycles. The van der Waals surface area contributed by atoms with E-state index in [2.05, 4.69) is 170 Å². The Morgan fingerprint density at radius 1 is 0.271 bits per heavy atom. The van der Waals surface area contributed by atoms with Crippen molar-refractivity contribution in [2.24, 2.45) is 0 Å². The summed E-state index contributed by atoms with van der Waals surface area (Å²) >= 11 is 3.83. The second kappa shape index (κ2) is 9.76. The number of fused-ring (bicyclic) bond motifs is 18. The Balaban J connectivity index is 1.51. The predicted octanol–water partition coefficient (Wildman–Crippen LogP) is 12.3. The molecule has 48 heavy (non-hydrogen) atoms. The Bertz CT molecular complexity index is 2370. The van der Waals surface area contributed by atoms with E-state index in [-0.39, 0.29) is 0 Å². The molecule has 2 heterocycles. The van der Waals surface area contributed by atoms with Crippen LogP contribution < -0.4 is 0 Å². The zero-order valence-corrected chi connectivity index (χ0v) is 27.6. The highest BCUT2D eigenvalue weighted by Gasteiger charge is 2.65. The summed E-state index contributed by atoms with van der Waals surface area (Å²) in [5.41, 5.74) is 9.82. The zero-order valence-electron chi connectivity index (χ0n) is 26.0. The lowest BCUT2D eigenvalue weighted by Gasteiger charge is -2.60. The molecule has 2 aliphatic heterocycles. The van der Waals surface area contributed by atoms with Crippen molar-refractivity contribution in [1.82, 2.24) is 0 Å². The van der Waals surface area contributed by atoms with Gasteiger partial charge < -0.3 is 0 Å². The standard InChI is InChI=1S/C46H28S2/c1-3-15-31-29(13-1)25-27-37-43(31)44-32-16-4-2-14-30(32)26-28-38(44)46(35-19-7-11-23-41(35)48-42-24-12-8-20-36(42)46)45(37)33-17-5-9-21-39(33)47-40-22-10-6-18-34(40)45/h1-28H. The number of benzene rings is 8. The summed E-state index contributed by atoms with van der Waals surface area (Å²) < 4.78 is 0. The molecule has 0 unspecified atom stereocenters. The Labute approximate surface area is 288 Å². The minimum Gasteiger partial charge on any atom is -0.0894 e. The topological polar surface area (TPSA) is 0 Å². The molecule has 0 bridgehead atoms. The molecule has 224 valence electrons. The minimum absolute atomic E-state index is 0.576. The van der Waals surface area contributed by atoms with E-state index in [1.807, 2.05) is 23.5 Å². The normalized spacial score (nSPS) is 15.7. The van der Waals surface area contributed by atoms with Crippen molar-refractivity contribution in [3.8, 4) is 11.1 Å². The summed E-state index contributed by atoms with van der Waals surface area (Å²) in [6.45, 7) is 0. The van der Waals surface area contributed by atoms with Crippen LogP contribution in [0.1, 0.15) is 33.4 Å². The summed E-state index contributed by atoms with van der Waals surface area (Å²) in [7, 11) is 0. The third-order valence-corrected chi connectivity index (χ3v) is 13.4. The first kappa shape index (κ1) is 27.0. The van der Waals surface area contributed by atoms with Crippen LogP contribution in [0.2, 0.25) is 0 Å². The lowest BCUT2D eigenvalue weighted by molar-refractivity contribution is 0.389. The second-order valence-electron chi connectivity index (χ2n) is 13.1. The van der Waals surface area contributed by atoms with Gasteiger partial charge >= 0.3 is 0 Å². The molecular weight excluding hydrogens is 617 g/mol. The fourth-order valence-electron chi connectivity index (χ4n) is 9.49. The van der Waals surface area contributed by atoms with Gasteiger partial charge in [-0.25, -0.2) is 0 Å². The van der Waals surface area contributed by atoms with Crippen LogP contribution in [0.4, 0.5) is 0 Å². The maximum absolute atomic E-state index is 2.49. The van der Waals surface area contributed by atoms with Crippen LogP contribution in [-0.4, -0.2) is 0 Å². The van der Waals surface area contributed by atoms with Crippen molar-refractivity contribution < 1.29 is 0 Å². The van der Waals surface area contributed by atoms with Gasteiger partial charge in [-0.15, -0.1) is 0 Å². The molecule has 11 rings (SSSR count). The van der Waals surface area contributed by atoms with Gasteiger partial charge in [-0.1, -0.05) is 169 Å². The van der Waals surface area contributed by atoms with Gasteiger partial charge in [0.05, 0.1) is 10.8 Å². The van der Waals surface area contributed by atoms with Crippen molar-refractivity contribution in [2.45, 2.75) is 30.4 Å². The molecule has 0 N–H and O–H groups in total. The Morgan fingerprint density at radius 3 is 0.958 bits per heavy atom. The van der Waals surface area contributed by atoms with Gasteiger partial charge in [0.15, 0.2) is 0 Å². The van der Waals surface area contributed by atoms with Gasteiger partial charge in [0, 0.05) is 19.6 Å². The summed E-state index contributed by atoms with van der Waals surface area (Å²) in [5.74, 6) is 0. The van der Waals surface area contributed by atoms with Crippen LogP contribution in [0.25, 0.3) is 32.7 Å².